The number of sulfonamides is 1. The van der Waals surface area contributed by atoms with E-state index in [0.717, 1.165) is 30.5 Å². The molecule has 1 saturated carbocycles. The quantitative estimate of drug-likeness (QED) is 0.736. The first-order chi connectivity index (χ1) is 14.3. The van der Waals surface area contributed by atoms with Gasteiger partial charge in [-0.1, -0.05) is 12.1 Å². The number of anilines is 1. The molecule has 2 aromatic carbocycles. The standard InChI is InChI=1S/C22H25N3O4S/c1-24(15-16-4-6-17(7-5-16)22(27)23-18-8-9-18)30(28,29)20-12-10-19(11-13-20)25-14-2-3-21(25)26/h4-7,10-13,18H,2-3,8-9,14-15H2,1H3,(H,23,27). The van der Waals surface area contributed by atoms with Gasteiger partial charge in [-0.3, -0.25) is 9.59 Å². The molecule has 0 atom stereocenters. The van der Waals surface area contributed by atoms with Gasteiger partial charge in [-0.05, 0) is 61.2 Å². The fraction of sp³-hybridized carbons (Fsp3) is 0.364. The number of nitrogens with zero attached hydrogens (tertiary/aromatic N) is 2. The largest absolute Gasteiger partial charge is 0.349 e. The van der Waals surface area contributed by atoms with Crippen molar-refractivity contribution in [2.24, 2.45) is 0 Å². The van der Waals surface area contributed by atoms with Gasteiger partial charge in [0, 0.05) is 43.9 Å². The van der Waals surface area contributed by atoms with Crippen LogP contribution < -0.4 is 10.2 Å². The molecule has 0 bridgehead atoms. The van der Waals surface area contributed by atoms with Crippen molar-refractivity contribution in [2.75, 3.05) is 18.5 Å². The molecule has 0 unspecified atom stereocenters. The van der Waals surface area contributed by atoms with Crippen LogP contribution in [0, 0.1) is 0 Å². The van der Waals surface area contributed by atoms with E-state index in [1.165, 1.54) is 23.5 Å². The van der Waals surface area contributed by atoms with Crippen molar-refractivity contribution in [1.29, 1.82) is 0 Å². The Morgan fingerprint density at radius 1 is 1.10 bits per heavy atom. The van der Waals surface area contributed by atoms with E-state index >= 15 is 0 Å². The second kappa shape index (κ2) is 8.20. The lowest BCUT2D eigenvalue weighted by molar-refractivity contribution is -0.117. The maximum atomic E-state index is 12.9. The highest BCUT2D eigenvalue weighted by molar-refractivity contribution is 7.89. The maximum Gasteiger partial charge on any atom is 0.251 e. The first-order valence-corrected chi connectivity index (χ1v) is 11.6. The second-order valence-corrected chi connectivity index (χ2v) is 9.89. The summed E-state index contributed by atoms with van der Waals surface area (Å²) in [5, 5.41) is 2.93. The molecule has 2 aromatic rings. The molecular formula is C22H25N3O4S. The van der Waals surface area contributed by atoms with E-state index < -0.39 is 10.0 Å². The Hall–Kier alpha value is -2.71. The lowest BCUT2D eigenvalue weighted by atomic mass is 10.1. The monoisotopic (exact) mass is 427 g/mol. The molecule has 1 aliphatic heterocycles. The van der Waals surface area contributed by atoms with Crippen LogP contribution in [0.15, 0.2) is 53.4 Å². The van der Waals surface area contributed by atoms with Gasteiger partial charge in [-0.15, -0.1) is 0 Å². The minimum absolute atomic E-state index is 0.0667. The van der Waals surface area contributed by atoms with Crippen LogP contribution in [0.5, 0.6) is 0 Å². The number of amides is 2. The van der Waals surface area contributed by atoms with Gasteiger partial charge in [0.1, 0.15) is 0 Å². The molecule has 4 rings (SSSR count). The average molecular weight is 428 g/mol. The number of hydrogen-bond donors (Lipinski definition) is 1. The van der Waals surface area contributed by atoms with Gasteiger partial charge in [0.05, 0.1) is 4.90 Å². The molecule has 30 heavy (non-hydrogen) atoms. The fourth-order valence-corrected chi connectivity index (χ4v) is 4.66. The van der Waals surface area contributed by atoms with E-state index in [0.29, 0.717) is 24.6 Å². The number of nitrogens with one attached hydrogen (secondary N) is 1. The normalized spacial score (nSPS) is 16.9. The lowest BCUT2D eigenvalue weighted by Gasteiger charge is -2.19. The van der Waals surface area contributed by atoms with E-state index in [2.05, 4.69) is 5.32 Å². The van der Waals surface area contributed by atoms with Crippen LogP contribution in [0.4, 0.5) is 5.69 Å². The van der Waals surface area contributed by atoms with Crippen molar-refractivity contribution in [3.63, 3.8) is 0 Å². The van der Waals surface area contributed by atoms with Crippen molar-refractivity contribution in [3.8, 4) is 0 Å². The Morgan fingerprint density at radius 2 is 1.77 bits per heavy atom. The molecule has 8 heteroatoms. The molecular weight excluding hydrogens is 402 g/mol. The first kappa shape index (κ1) is 20.6. The Morgan fingerprint density at radius 3 is 2.33 bits per heavy atom. The zero-order valence-corrected chi connectivity index (χ0v) is 17.7. The summed E-state index contributed by atoms with van der Waals surface area (Å²) in [5.41, 5.74) is 2.09. The lowest BCUT2D eigenvalue weighted by Crippen LogP contribution is -2.27. The summed E-state index contributed by atoms with van der Waals surface area (Å²) >= 11 is 0. The third-order valence-electron chi connectivity index (χ3n) is 5.46. The smallest absolute Gasteiger partial charge is 0.251 e. The third kappa shape index (κ3) is 4.39. The Kier molecular flexibility index (Phi) is 5.62. The summed E-state index contributed by atoms with van der Waals surface area (Å²) in [6, 6.07) is 13.7. The highest BCUT2D eigenvalue weighted by Gasteiger charge is 2.25. The van der Waals surface area contributed by atoms with E-state index in [1.54, 1.807) is 41.3 Å². The van der Waals surface area contributed by atoms with E-state index in [1.807, 2.05) is 0 Å². The third-order valence-corrected chi connectivity index (χ3v) is 7.28. The topological polar surface area (TPSA) is 86.8 Å². The molecule has 1 heterocycles. The van der Waals surface area contributed by atoms with Crippen molar-refractivity contribution < 1.29 is 18.0 Å². The minimum atomic E-state index is -3.67. The van der Waals surface area contributed by atoms with Gasteiger partial charge in [0.2, 0.25) is 15.9 Å². The summed E-state index contributed by atoms with van der Waals surface area (Å²) in [4.78, 5) is 25.8. The molecule has 1 N–H and O–H groups in total. The van der Waals surface area contributed by atoms with Gasteiger partial charge in [0.15, 0.2) is 0 Å². The Bertz CT molecular complexity index is 1040. The number of carbonyl (C=O) groups is 2. The summed E-state index contributed by atoms with van der Waals surface area (Å²) < 4.78 is 27.1. The zero-order chi connectivity index (χ0) is 21.3. The van der Waals surface area contributed by atoms with E-state index in [9.17, 15) is 18.0 Å². The van der Waals surface area contributed by atoms with Gasteiger partial charge >= 0.3 is 0 Å². The maximum absolute atomic E-state index is 12.9. The number of hydrogen-bond acceptors (Lipinski definition) is 4. The van der Waals surface area contributed by atoms with E-state index in [-0.39, 0.29) is 23.3 Å². The number of benzene rings is 2. The van der Waals surface area contributed by atoms with Crippen molar-refractivity contribution in [3.05, 3.63) is 59.7 Å². The Balaban J connectivity index is 1.42. The van der Waals surface area contributed by atoms with Crippen LogP contribution >= 0.6 is 0 Å². The van der Waals surface area contributed by atoms with Crippen LogP contribution in [0.25, 0.3) is 0 Å². The van der Waals surface area contributed by atoms with Gasteiger partial charge in [-0.25, -0.2) is 8.42 Å². The van der Waals surface area contributed by atoms with Crippen LogP contribution in [0.1, 0.15) is 41.6 Å². The highest BCUT2D eigenvalue weighted by atomic mass is 32.2. The Labute approximate surface area is 176 Å². The van der Waals surface area contributed by atoms with Gasteiger partial charge < -0.3 is 10.2 Å². The predicted molar refractivity (Wildman–Crippen MR) is 114 cm³/mol. The summed E-state index contributed by atoms with van der Waals surface area (Å²) in [6.45, 7) is 0.860. The summed E-state index contributed by atoms with van der Waals surface area (Å²) in [6.07, 6.45) is 3.41. The van der Waals surface area contributed by atoms with Crippen LogP contribution in [-0.2, 0) is 21.4 Å². The minimum Gasteiger partial charge on any atom is -0.349 e. The number of rotatable bonds is 7. The molecule has 2 aliphatic rings. The number of carbonyl (C=O) groups excluding carboxylic acids is 2. The molecule has 158 valence electrons. The molecule has 2 amide bonds. The molecule has 7 nitrogen and oxygen atoms in total. The molecule has 0 aromatic heterocycles. The van der Waals surface area contributed by atoms with E-state index in [4.69, 9.17) is 0 Å². The first-order valence-electron chi connectivity index (χ1n) is 10.1. The van der Waals surface area contributed by atoms with Crippen LogP contribution in [0.3, 0.4) is 0 Å². The fourth-order valence-electron chi connectivity index (χ4n) is 3.50. The molecule has 1 aliphatic carbocycles. The van der Waals surface area contributed by atoms with Crippen LogP contribution in [-0.4, -0.2) is 44.2 Å². The molecule has 0 spiro atoms. The predicted octanol–water partition coefficient (Wildman–Crippen LogP) is 2.53. The van der Waals surface area contributed by atoms with Crippen molar-refractivity contribution in [1.82, 2.24) is 9.62 Å². The van der Waals surface area contributed by atoms with Gasteiger partial charge in [0.25, 0.3) is 5.91 Å². The van der Waals surface area contributed by atoms with Crippen LogP contribution in [0.2, 0.25) is 0 Å². The van der Waals surface area contributed by atoms with Crippen molar-refractivity contribution in [2.45, 2.75) is 43.2 Å². The van der Waals surface area contributed by atoms with Gasteiger partial charge in [-0.2, -0.15) is 4.31 Å². The molecule has 1 saturated heterocycles. The summed E-state index contributed by atoms with van der Waals surface area (Å²) in [5.74, 6) is -0.0291. The van der Waals surface area contributed by atoms with Crippen molar-refractivity contribution >= 4 is 27.5 Å². The summed E-state index contributed by atoms with van der Waals surface area (Å²) in [7, 11) is -2.15. The molecule has 2 fully saturated rings. The average Bonchev–Trinajstić information content (AvgIpc) is 3.45. The molecule has 0 radical (unpaired) electrons. The highest BCUT2D eigenvalue weighted by Crippen LogP contribution is 2.25. The zero-order valence-electron chi connectivity index (χ0n) is 16.9. The second-order valence-electron chi connectivity index (χ2n) is 7.85. The SMILES string of the molecule is CN(Cc1ccc(C(=O)NC2CC2)cc1)S(=O)(=O)c1ccc(N2CCCC2=O)cc1.